The molecular formula is C12H15N5. The van der Waals surface area contributed by atoms with Crippen molar-refractivity contribution in [1.29, 1.82) is 0 Å². The summed E-state index contributed by atoms with van der Waals surface area (Å²) in [7, 11) is 1.93. The topological polar surface area (TPSA) is 69.6 Å². The van der Waals surface area contributed by atoms with Crippen LogP contribution in [0.5, 0.6) is 0 Å². The van der Waals surface area contributed by atoms with Crippen LogP contribution < -0.4 is 5.73 Å². The van der Waals surface area contributed by atoms with E-state index < -0.39 is 0 Å². The maximum absolute atomic E-state index is 5.69. The van der Waals surface area contributed by atoms with Gasteiger partial charge < -0.3 is 5.73 Å². The second-order valence-corrected chi connectivity index (χ2v) is 5.19. The molecule has 1 aliphatic rings. The molecule has 0 amide bonds. The van der Waals surface area contributed by atoms with E-state index >= 15 is 0 Å². The van der Waals surface area contributed by atoms with E-state index in [0.717, 1.165) is 23.4 Å². The Balaban J connectivity index is 2.36. The Labute approximate surface area is 99.7 Å². The molecule has 3 rings (SSSR count). The number of fused-ring (bicyclic) bond motifs is 3. The monoisotopic (exact) mass is 229 g/mol. The highest BCUT2D eigenvalue weighted by Crippen LogP contribution is 2.41. The molecule has 2 N–H and O–H groups in total. The van der Waals surface area contributed by atoms with Gasteiger partial charge in [0.05, 0.1) is 17.6 Å². The zero-order chi connectivity index (χ0) is 12.2. The molecule has 0 saturated carbocycles. The van der Waals surface area contributed by atoms with Crippen LogP contribution in [0.25, 0.3) is 11.4 Å². The summed E-state index contributed by atoms with van der Waals surface area (Å²) in [6.45, 7) is 4.39. The van der Waals surface area contributed by atoms with Crippen LogP contribution in [0.2, 0.25) is 0 Å². The van der Waals surface area contributed by atoms with Crippen LogP contribution in [0.1, 0.15) is 25.0 Å². The van der Waals surface area contributed by atoms with Gasteiger partial charge in [0.1, 0.15) is 0 Å². The number of nitrogens with two attached hydrogens (primary N) is 1. The van der Waals surface area contributed by atoms with Gasteiger partial charge >= 0.3 is 0 Å². The molecule has 0 spiro atoms. The van der Waals surface area contributed by atoms with E-state index in [2.05, 4.69) is 28.9 Å². The molecule has 0 bridgehead atoms. The minimum Gasteiger partial charge on any atom is -0.368 e. The first-order valence-electron chi connectivity index (χ1n) is 5.63. The van der Waals surface area contributed by atoms with Gasteiger partial charge in [0.25, 0.3) is 0 Å². The van der Waals surface area contributed by atoms with Gasteiger partial charge in [-0.3, -0.25) is 4.68 Å². The van der Waals surface area contributed by atoms with Crippen LogP contribution in [0, 0.1) is 0 Å². The van der Waals surface area contributed by atoms with Crippen LogP contribution >= 0.6 is 0 Å². The third kappa shape index (κ3) is 1.35. The SMILES string of the molecule is Cn1ncc2c1-c1nc(N)ncc1C(C)(C)C2. The minimum absolute atomic E-state index is 0.0269. The number of nitrogen functional groups attached to an aromatic ring is 1. The smallest absolute Gasteiger partial charge is 0.220 e. The number of hydrogen-bond donors (Lipinski definition) is 1. The number of hydrogen-bond acceptors (Lipinski definition) is 4. The highest BCUT2D eigenvalue weighted by molar-refractivity contribution is 5.68. The molecule has 0 saturated heterocycles. The molecule has 0 aliphatic heterocycles. The number of aromatic nitrogens is 4. The molecule has 2 aromatic rings. The second kappa shape index (κ2) is 3.06. The van der Waals surface area contributed by atoms with Gasteiger partial charge in [-0.1, -0.05) is 13.8 Å². The standard InChI is InChI=1S/C12H15N5/c1-12(2)4-7-5-15-17(3)10(7)9-8(12)6-14-11(13)16-9/h5-6H,4H2,1-3H3,(H2,13,14,16). The minimum atomic E-state index is 0.0269. The van der Waals surface area contributed by atoms with E-state index in [9.17, 15) is 0 Å². The van der Waals surface area contributed by atoms with Crippen LogP contribution in [0.15, 0.2) is 12.4 Å². The summed E-state index contributed by atoms with van der Waals surface area (Å²) >= 11 is 0. The molecular weight excluding hydrogens is 214 g/mol. The van der Waals surface area contributed by atoms with Gasteiger partial charge in [-0.05, 0) is 11.8 Å². The van der Waals surface area contributed by atoms with E-state index in [1.165, 1.54) is 5.56 Å². The lowest BCUT2D eigenvalue weighted by molar-refractivity contribution is 0.511. The molecule has 5 heteroatoms. The molecule has 5 nitrogen and oxygen atoms in total. The summed E-state index contributed by atoms with van der Waals surface area (Å²) in [5, 5.41) is 4.31. The average Bonchev–Trinajstić information content (AvgIpc) is 2.58. The van der Waals surface area contributed by atoms with Gasteiger partial charge in [0.15, 0.2) is 0 Å². The van der Waals surface area contributed by atoms with Crippen molar-refractivity contribution in [3.8, 4) is 11.4 Å². The molecule has 2 heterocycles. The zero-order valence-electron chi connectivity index (χ0n) is 10.2. The quantitative estimate of drug-likeness (QED) is 0.739. The first-order valence-corrected chi connectivity index (χ1v) is 5.63. The normalized spacial score (nSPS) is 16.4. The van der Waals surface area contributed by atoms with Crippen molar-refractivity contribution in [2.75, 3.05) is 5.73 Å². The number of aryl methyl sites for hydroxylation is 1. The summed E-state index contributed by atoms with van der Waals surface area (Å²) < 4.78 is 1.86. The predicted octanol–water partition coefficient (Wildman–Crippen LogP) is 1.29. The Hall–Kier alpha value is -1.91. The lowest BCUT2D eigenvalue weighted by Gasteiger charge is -2.31. The largest absolute Gasteiger partial charge is 0.368 e. The molecule has 0 fully saturated rings. The van der Waals surface area contributed by atoms with Crippen molar-refractivity contribution in [3.63, 3.8) is 0 Å². The molecule has 2 aromatic heterocycles. The first kappa shape index (κ1) is 10.3. The summed E-state index contributed by atoms with van der Waals surface area (Å²) in [6.07, 6.45) is 4.71. The van der Waals surface area contributed by atoms with Crippen LogP contribution in [0.4, 0.5) is 5.95 Å². The zero-order valence-corrected chi connectivity index (χ0v) is 10.2. The van der Waals surface area contributed by atoms with Gasteiger partial charge in [-0.15, -0.1) is 0 Å². The Morgan fingerprint density at radius 1 is 1.35 bits per heavy atom. The van der Waals surface area contributed by atoms with Crippen molar-refractivity contribution < 1.29 is 0 Å². The van der Waals surface area contributed by atoms with Crippen molar-refractivity contribution >= 4 is 5.95 Å². The summed E-state index contributed by atoms with van der Waals surface area (Å²) in [6, 6.07) is 0. The van der Waals surface area contributed by atoms with Crippen molar-refractivity contribution in [2.45, 2.75) is 25.7 Å². The predicted molar refractivity (Wildman–Crippen MR) is 65.4 cm³/mol. The fraction of sp³-hybridized carbons (Fsp3) is 0.417. The summed E-state index contributed by atoms with van der Waals surface area (Å²) in [4.78, 5) is 8.50. The molecule has 1 aliphatic carbocycles. The molecule has 0 unspecified atom stereocenters. The first-order chi connectivity index (χ1) is 7.99. The maximum atomic E-state index is 5.69. The Morgan fingerprint density at radius 3 is 2.88 bits per heavy atom. The van der Waals surface area contributed by atoms with Crippen LogP contribution in [-0.4, -0.2) is 19.7 Å². The number of rotatable bonds is 0. The molecule has 17 heavy (non-hydrogen) atoms. The third-order valence-corrected chi connectivity index (χ3v) is 3.41. The van der Waals surface area contributed by atoms with Crippen molar-refractivity contribution in [3.05, 3.63) is 23.5 Å². The Kier molecular flexibility index (Phi) is 1.85. The van der Waals surface area contributed by atoms with Crippen LogP contribution in [-0.2, 0) is 18.9 Å². The highest BCUT2D eigenvalue weighted by Gasteiger charge is 2.34. The van der Waals surface area contributed by atoms with Crippen LogP contribution in [0.3, 0.4) is 0 Å². The molecule has 88 valence electrons. The van der Waals surface area contributed by atoms with Gasteiger partial charge in [-0.25, -0.2) is 9.97 Å². The highest BCUT2D eigenvalue weighted by atomic mass is 15.3. The van der Waals surface area contributed by atoms with E-state index in [-0.39, 0.29) is 5.41 Å². The van der Waals surface area contributed by atoms with E-state index in [1.807, 2.05) is 24.1 Å². The molecule has 0 aromatic carbocycles. The maximum Gasteiger partial charge on any atom is 0.220 e. The third-order valence-electron chi connectivity index (χ3n) is 3.41. The van der Waals surface area contributed by atoms with Gasteiger partial charge in [-0.2, -0.15) is 5.10 Å². The van der Waals surface area contributed by atoms with Gasteiger partial charge in [0, 0.05) is 24.4 Å². The fourth-order valence-corrected chi connectivity index (χ4v) is 2.56. The molecule has 0 atom stereocenters. The Bertz CT molecular complexity index is 597. The van der Waals surface area contributed by atoms with Gasteiger partial charge in [0.2, 0.25) is 5.95 Å². The summed E-state index contributed by atoms with van der Waals surface area (Å²) in [5.41, 5.74) is 10.1. The average molecular weight is 229 g/mol. The lowest BCUT2D eigenvalue weighted by atomic mass is 9.74. The lowest BCUT2D eigenvalue weighted by Crippen LogP contribution is -2.27. The number of anilines is 1. The summed E-state index contributed by atoms with van der Waals surface area (Å²) in [5.74, 6) is 0.314. The number of nitrogens with zero attached hydrogens (tertiary/aromatic N) is 4. The fourth-order valence-electron chi connectivity index (χ4n) is 2.56. The molecule has 0 radical (unpaired) electrons. The van der Waals surface area contributed by atoms with Crippen molar-refractivity contribution in [1.82, 2.24) is 19.7 Å². The second-order valence-electron chi connectivity index (χ2n) is 5.19. The Morgan fingerprint density at radius 2 is 2.12 bits per heavy atom. The van der Waals surface area contributed by atoms with E-state index in [1.54, 1.807) is 0 Å². The van der Waals surface area contributed by atoms with E-state index in [4.69, 9.17) is 5.73 Å². The van der Waals surface area contributed by atoms with Crippen molar-refractivity contribution in [2.24, 2.45) is 7.05 Å². The van der Waals surface area contributed by atoms with E-state index in [0.29, 0.717) is 5.95 Å².